The topological polar surface area (TPSA) is 94.5 Å². The Labute approximate surface area is 513 Å². The Morgan fingerprint density at radius 2 is 0.561 bits per heavy atom. The maximum Gasteiger partial charge on any atom is 0.305 e. The normalized spacial score (nSPS) is 13.9. The van der Waals surface area contributed by atoms with Crippen molar-refractivity contribution in [2.45, 2.75) is 400 Å². The molecule has 2 fully saturated rings. The summed E-state index contributed by atoms with van der Waals surface area (Å²) in [5.74, 6) is 1.23. The molecule has 0 spiro atoms. The summed E-state index contributed by atoms with van der Waals surface area (Å²) >= 11 is 0. The van der Waals surface area contributed by atoms with Crippen LogP contribution < -0.4 is 0 Å². The predicted octanol–water partition coefficient (Wildman–Crippen LogP) is 22.6. The van der Waals surface area contributed by atoms with Gasteiger partial charge in [0, 0.05) is 32.7 Å². The van der Waals surface area contributed by atoms with Gasteiger partial charge >= 0.3 is 11.9 Å². The fourth-order valence-corrected chi connectivity index (χ4v) is 11.3. The molecule has 8 nitrogen and oxygen atoms in total. The lowest BCUT2D eigenvalue weighted by molar-refractivity contribution is -0.145. The molecule has 0 saturated heterocycles. The zero-order chi connectivity index (χ0) is 59.7. The highest BCUT2D eigenvalue weighted by molar-refractivity contribution is 5.69. The minimum atomic E-state index is -0.0482. The zero-order valence-corrected chi connectivity index (χ0v) is 56.5. The highest BCUT2D eigenvalue weighted by Gasteiger charge is 2.33. The highest BCUT2D eigenvalue weighted by atomic mass is 16.5. The fraction of sp³-hybridized carbons (Fsp3) is 0.973. The van der Waals surface area contributed by atoms with E-state index in [-0.39, 0.29) is 30.8 Å². The van der Waals surface area contributed by atoms with E-state index in [4.69, 9.17) is 18.9 Å². The molecule has 0 aliphatic heterocycles. The van der Waals surface area contributed by atoms with Crippen LogP contribution in [-0.2, 0) is 28.5 Å². The lowest BCUT2D eigenvalue weighted by Crippen LogP contribution is -2.27. The van der Waals surface area contributed by atoms with Crippen molar-refractivity contribution >= 4 is 11.9 Å². The predicted molar refractivity (Wildman–Crippen MR) is 355 cm³/mol. The van der Waals surface area contributed by atoms with Gasteiger partial charge in [0.05, 0.1) is 25.4 Å². The summed E-state index contributed by atoms with van der Waals surface area (Å²) in [6, 6.07) is 0. The van der Waals surface area contributed by atoms with Crippen LogP contribution in [0.1, 0.15) is 388 Å². The number of unbranched alkanes of at least 4 members (excludes halogenated alkanes) is 39. The lowest BCUT2D eigenvalue weighted by atomic mass is 10.1. The van der Waals surface area contributed by atoms with E-state index in [0.29, 0.717) is 37.9 Å². The second-order valence-electron chi connectivity index (χ2n) is 25.7. The van der Waals surface area contributed by atoms with Crippen molar-refractivity contribution in [2.75, 3.05) is 52.7 Å². The maximum absolute atomic E-state index is 12.4. The highest BCUT2D eigenvalue weighted by Crippen LogP contribution is 2.37. The molecular formula is C74H147NO7. The number of ether oxygens (including phenoxy) is 4. The molecule has 0 amide bonds. The molecular weight excluding hydrogens is 1010 g/mol. The number of esters is 2. The van der Waals surface area contributed by atoms with Gasteiger partial charge in [-0.2, -0.15) is 0 Å². The summed E-state index contributed by atoms with van der Waals surface area (Å²) in [6.45, 7) is 20.1. The molecule has 0 heterocycles. The van der Waals surface area contributed by atoms with Crippen molar-refractivity contribution in [3.8, 4) is 0 Å². The Hall–Kier alpha value is -1.22. The first-order valence-corrected chi connectivity index (χ1v) is 37.3. The Balaban J connectivity index is 0.00000275. The van der Waals surface area contributed by atoms with Gasteiger partial charge in [-0.05, 0) is 121 Å². The van der Waals surface area contributed by atoms with E-state index in [1.54, 1.807) is 0 Å². The first-order valence-electron chi connectivity index (χ1n) is 37.3. The van der Waals surface area contributed by atoms with Crippen LogP contribution in [0.2, 0.25) is 0 Å². The van der Waals surface area contributed by atoms with E-state index in [1.165, 1.54) is 283 Å². The zero-order valence-electron chi connectivity index (χ0n) is 56.5. The Morgan fingerprint density at radius 1 is 0.329 bits per heavy atom. The van der Waals surface area contributed by atoms with Crippen molar-refractivity contribution < 1.29 is 33.6 Å². The summed E-state index contributed by atoms with van der Waals surface area (Å²) in [5.41, 5.74) is 0. The van der Waals surface area contributed by atoms with Crippen molar-refractivity contribution in [1.82, 2.24) is 4.90 Å². The maximum atomic E-state index is 12.4. The van der Waals surface area contributed by atoms with Crippen LogP contribution in [0.5, 0.6) is 0 Å². The molecule has 0 aromatic carbocycles. The van der Waals surface area contributed by atoms with Crippen LogP contribution in [0.4, 0.5) is 0 Å². The van der Waals surface area contributed by atoms with Crippen LogP contribution in [0.25, 0.3) is 0 Å². The van der Waals surface area contributed by atoms with E-state index in [2.05, 4.69) is 46.4 Å². The summed E-state index contributed by atoms with van der Waals surface area (Å²) < 4.78 is 23.6. The third kappa shape index (κ3) is 61.9. The van der Waals surface area contributed by atoms with Crippen LogP contribution in [0.3, 0.4) is 0 Å². The fourth-order valence-electron chi connectivity index (χ4n) is 11.3. The molecule has 8 heteroatoms. The van der Waals surface area contributed by atoms with Crippen LogP contribution in [-0.4, -0.2) is 86.8 Å². The molecule has 2 rings (SSSR count). The van der Waals surface area contributed by atoms with Gasteiger partial charge in [0.2, 0.25) is 0 Å². The summed E-state index contributed by atoms with van der Waals surface area (Å²) in [7, 11) is 0. The van der Waals surface area contributed by atoms with Gasteiger partial charge in [0.1, 0.15) is 0 Å². The van der Waals surface area contributed by atoms with Gasteiger partial charge in [-0.15, -0.1) is 0 Å². The summed E-state index contributed by atoms with van der Waals surface area (Å²) in [5, 5.41) is 9.31. The number of hydrogen-bond acceptors (Lipinski definition) is 8. The first-order chi connectivity index (χ1) is 40.4. The molecule has 2 aliphatic rings. The summed E-state index contributed by atoms with van der Waals surface area (Å²) in [6.07, 6.45) is 68.0. The minimum Gasteiger partial charge on any atom is -0.466 e. The first kappa shape index (κ1) is 80.8. The van der Waals surface area contributed by atoms with Crippen molar-refractivity contribution in [2.24, 2.45) is 11.8 Å². The Morgan fingerprint density at radius 3 is 0.817 bits per heavy atom. The molecule has 2 saturated carbocycles. The number of hydrogen-bond donors (Lipinski definition) is 1. The van der Waals surface area contributed by atoms with E-state index in [0.717, 1.165) is 84.0 Å². The molecule has 2 unspecified atom stereocenters. The molecule has 0 radical (unpaired) electrons. The van der Waals surface area contributed by atoms with Crippen LogP contribution in [0.15, 0.2) is 0 Å². The average Bonchev–Trinajstić information content (AvgIpc) is 4.46. The monoisotopic (exact) mass is 1160 g/mol. The molecule has 0 aromatic heterocycles. The van der Waals surface area contributed by atoms with E-state index in [9.17, 15) is 14.7 Å². The van der Waals surface area contributed by atoms with Crippen LogP contribution >= 0.6 is 0 Å². The quantitative estimate of drug-likeness (QED) is 0.0475. The standard InChI is InChI=1S/C54H103NO7.2C10H22/c1-3-5-7-9-15-21-29-45-59-51(49-33-34-49)37-39-53(57)61-47-31-23-17-11-13-19-25-41-55(43-27-28-44-56)42-26-20-14-12-18-24-32-48-62-54(58)40-38-52(50-35-36-50)60-46-30-22-16-10-8-6-4-2;2*1-3-5-7-9-10-8-6-4-2/h49-52,56H,3-48H2,1-2H3;2*3-10H2,1-2H3. The van der Waals surface area contributed by atoms with Crippen molar-refractivity contribution in [3.63, 3.8) is 0 Å². The number of aliphatic hydroxyl groups is 1. The lowest BCUT2D eigenvalue weighted by Gasteiger charge is -2.22. The number of nitrogens with zero attached hydrogens (tertiary/aromatic N) is 1. The second-order valence-corrected chi connectivity index (χ2v) is 25.7. The van der Waals surface area contributed by atoms with E-state index < -0.39 is 0 Å². The molecule has 490 valence electrons. The SMILES string of the molecule is CCCCCCCCCC.CCCCCCCCCC.CCCCCCCCCOC(CCC(=O)OCCCCCCCCCN(CCCCO)CCCCCCCCCOC(=O)CCC(OCCCCCCCCC)C1CC1)C1CC1. The van der Waals surface area contributed by atoms with E-state index in [1.807, 2.05) is 0 Å². The largest absolute Gasteiger partial charge is 0.466 e. The van der Waals surface area contributed by atoms with Gasteiger partial charge in [0.25, 0.3) is 0 Å². The average molecular weight is 1160 g/mol. The van der Waals surface area contributed by atoms with Gasteiger partial charge in [0.15, 0.2) is 0 Å². The molecule has 82 heavy (non-hydrogen) atoms. The third-order valence-electron chi connectivity index (χ3n) is 17.3. The number of carbonyl (C=O) groups is 2. The number of aliphatic hydroxyl groups excluding tert-OH is 1. The summed E-state index contributed by atoms with van der Waals surface area (Å²) in [4.78, 5) is 27.4. The van der Waals surface area contributed by atoms with Crippen molar-refractivity contribution in [3.05, 3.63) is 0 Å². The van der Waals surface area contributed by atoms with Gasteiger partial charge in [-0.25, -0.2) is 0 Å². The van der Waals surface area contributed by atoms with Gasteiger partial charge in [-0.3, -0.25) is 9.59 Å². The number of rotatable bonds is 64. The van der Waals surface area contributed by atoms with Crippen LogP contribution in [0, 0.1) is 11.8 Å². The molecule has 0 aromatic rings. The molecule has 2 aliphatic carbocycles. The Bertz CT molecular complexity index is 1140. The number of carbonyl (C=O) groups excluding carboxylic acids is 2. The second kappa shape index (κ2) is 67.3. The minimum absolute atomic E-state index is 0.0482. The molecule has 0 bridgehead atoms. The van der Waals surface area contributed by atoms with E-state index >= 15 is 0 Å². The Kier molecular flexibility index (Phi) is 66.3. The third-order valence-corrected chi connectivity index (χ3v) is 17.3. The van der Waals surface area contributed by atoms with Gasteiger partial charge < -0.3 is 29.0 Å². The van der Waals surface area contributed by atoms with Crippen molar-refractivity contribution in [1.29, 1.82) is 0 Å². The molecule has 2 atom stereocenters. The molecule has 1 N–H and O–H groups in total. The smallest absolute Gasteiger partial charge is 0.305 e. The van der Waals surface area contributed by atoms with Gasteiger partial charge in [-0.1, -0.05) is 286 Å².